The normalized spacial score (nSPS) is 12.7. The molecule has 0 aliphatic carbocycles. The van der Waals surface area contributed by atoms with Gasteiger partial charge in [-0.1, -0.05) is 0 Å². The van der Waals surface area contributed by atoms with Crippen molar-refractivity contribution in [1.29, 1.82) is 0 Å². The van der Waals surface area contributed by atoms with Crippen LogP contribution in [0.2, 0.25) is 4.97 Å². The van der Waals surface area contributed by atoms with E-state index in [1.807, 2.05) is 18.2 Å². The van der Waals surface area contributed by atoms with Gasteiger partial charge in [-0.15, -0.1) is 0 Å². The van der Waals surface area contributed by atoms with E-state index in [-0.39, 0.29) is 5.97 Å². The van der Waals surface area contributed by atoms with Crippen LogP contribution in [0.15, 0.2) is 30.3 Å². The Morgan fingerprint density at radius 1 is 1.41 bits per heavy atom. The summed E-state index contributed by atoms with van der Waals surface area (Å²) in [6.07, 6.45) is 3.27. The Hall–Kier alpha value is 0.180. The van der Waals surface area contributed by atoms with Gasteiger partial charge in [0.25, 0.3) is 0 Å². The molecule has 0 amide bonds. The molecule has 0 fully saturated rings. The van der Waals surface area contributed by atoms with Crippen LogP contribution in [-0.2, 0) is 9.53 Å². The van der Waals surface area contributed by atoms with Crippen LogP contribution >= 0.6 is 25.5 Å². The summed E-state index contributed by atoms with van der Waals surface area (Å²) in [7, 11) is 0. The van der Waals surface area contributed by atoms with Gasteiger partial charge in [-0.3, -0.25) is 0 Å². The van der Waals surface area contributed by atoms with Crippen molar-refractivity contribution in [2.45, 2.75) is 11.9 Å². The second-order valence-corrected chi connectivity index (χ2v) is 31.9. The molecule has 0 atom stereocenters. The molecule has 0 saturated carbocycles. The van der Waals surface area contributed by atoms with Gasteiger partial charge in [0, 0.05) is 0 Å². The zero-order valence-corrected chi connectivity index (χ0v) is 15.2. The molecule has 5 heteroatoms. The fourth-order valence-corrected chi connectivity index (χ4v) is 7.72. The van der Waals surface area contributed by atoms with E-state index in [0.29, 0.717) is 6.61 Å². The maximum atomic E-state index is 11.3. The van der Waals surface area contributed by atoms with E-state index >= 15 is 0 Å². The van der Waals surface area contributed by atoms with Crippen molar-refractivity contribution in [3.05, 3.63) is 35.9 Å². The predicted molar refractivity (Wildman–Crippen MR) is 81.2 cm³/mol. The van der Waals surface area contributed by atoms with Gasteiger partial charge in [0.2, 0.25) is 0 Å². The van der Waals surface area contributed by atoms with Crippen molar-refractivity contribution in [1.82, 2.24) is 0 Å². The summed E-state index contributed by atoms with van der Waals surface area (Å²) in [5, 5.41) is 0. The van der Waals surface area contributed by atoms with Crippen LogP contribution in [0.5, 0.6) is 0 Å². The molecule has 0 bridgehead atoms. The number of ether oxygens (including phenoxy) is 1. The summed E-state index contributed by atoms with van der Waals surface area (Å²) in [6, 6.07) is 8.04. The van der Waals surface area contributed by atoms with E-state index < -0.39 is 13.8 Å². The summed E-state index contributed by atoms with van der Waals surface area (Å²) >= 11 is 5.19. The molecule has 0 radical (unpaired) electrons. The number of carbonyl (C=O) groups is 1. The molecule has 17 heavy (non-hydrogen) atoms. The first-order valence-electron chi connectivity index (χ1n) is 5.06. The summed E-state index contributed by atoms with van der Waals surface area (Å²) in [5.74, 6) is -0.305. The van der Waals surface area contributed by atoms with Crippen molar-refractivity contribution in [3.63, 3.8) is 0 Å². The van der Waals surface area contributed by atoms with Crippen molar-refractivity contribution >= 4 is 54.9 Å². The molecule has 2 nitrogen and oxygen atoms in total. The van der Waals surface area contributed by atoms with E-state index in [0.717, 1.165) is 5.56 Å². The number of hydrogen-bond acceptors (Lipinski definition) is 2. The van der Waals surface area contributed by atoms with E-state index in [4.69, 9.17) is 4.74 Å². The molecule has 0 saturated heterocycles. The van der Waals surface area contributed by atoms with E-state index in [9.17, 15) is 4.79 Å². The number of rotatable bonds is 4. The van der Waals surface area contributed by atoms with Gasteiger partial charge in [0.1, 0.15) is 0 Å². The van der Waals surface area contributed by atoms with Crippen LogP contribution in [0.3, 0.4) is 0 Å². The Balaban J connectivity index is 2.95. The standard InChI is InChI=1S/C12H14Br2O2Te/c1-3-16-12(15)9-8-10-6-4-5-7-11(10)17(2,13)14/h4-9H,3H2,1-2H3/b9-8+. The molecular formula is C12H14Br2O2Te. The Morgan fingerprint density at radius 2 is 2.06 bits per heavy atom. The van der Waals surface area contributed by atoms with Gasteiger partial charge >= 0.3 is 119 Å². The SMILES string of the molecule is CCOC(=O)/C=C/c1ccccc1[Te](C)(Br)Br. The number of esters is 1. The van der Waals surface area contributed by atoms with Crippen LogP contribution in [0, 0.1) is 0 Å². The number of benzene rings is 1. The van der Waals surface area contributed by atoms with Crippen LogP contribution < -0.4 is 3.61 Å². The Kier molecular flexibility index (Phi) is 6.22. The monoisotopic (exact) mass is 478 g/mol. The van der Waals surface area contributed by atoms with Gasteiger partial charge in [-0.25, -0.2) is 0 Å². The van der Waals surface area contributed by atoms with Crippen molar-refractivity contribution in [2.24, 2.45) is 0 Å². The van der Waals surface area contributed by atoms with Gasteiger partial charge in [0.05, 0.1) is 0 Å². The van der Waals surface area contributed by atoms with Gasteiger partial charge in [-0.05, 0) is 0 Å². The summed E-state index contributed by atoms with van der Waals surface area (Å²) in [5.41, 5.74) is 1.05. The average Bonchev–Trinajstić information content (AvgIpc) is 2.26. The van der Waals surface area contributed by atoms with E-state index in [1.54, 1.807) is 13.0 Å². The first-order chi connectivity index (χ1) is 7.95. The molecule has 0 spiro atoms. The van der Waals surface area contributed by atoms with Gasteiger partial charge < -0.3 is 0 Å². The molecule has 1 aromatic carbocycles. The van der Waals surface area contributed by atoms with Crippen LogP contribution in [-0.4, -0.2) is 26.3 Å². The average molecular weight is 478 g/mol. The molecule has 0 aliphatic rings. The zero-order valence-electron chi connectivity index (χ0n) is 9.65. The second kappa shape index (κ2) is 6.94. The summed E-state index contributed by atoms with van der Waals surface area (Å²) in [6.45, 7) is 2.20. The maximum absolute atomic E-state index is 11.3. The molecule has 94 valence electrons. The number of halogens is 2. The summed E-state index contributed by atoms with van der Waals surface area (Å²) in [4.78, 5) is 13.4. The molecule has 0 unspecified atom stereocenters. The molecule has 0 aromatic heterocycles. The summed E-state index contributed by atoms with van der Waals surface area (Å²) < 4.78 is 6.10. The van der Waals surface area contributed by atoms with Crippen LogP contribution in [0.25, 0.3) is 6.08 Å². The van der Waals surface area contributed by atoms with Crippen LogP contribution in [0.1, 0.15) is 12.5 Å². The molecular weight excluding hydrogens is 464 g/mol. The minimum atomic E-state index is -2.28. The van der Waals surface area contributed by atoms with Crippen molar-refractivity contribution in [3.8, 4) is 0 Å². The molecule has 0 heterocycles. The third kappa shape index (κ3) is 5.13. The third-order valence-corrected chi connectivity index (χ3v) is 9.94. The molecule has 1 aromatic rings. The minimum absolute atomic E-state index is 0.305. The second-order valence-electron chi connectivity index (χ2n) is 3.35. The van der Waals surface area contributed by atoms with Crippen molar-refractivity contribution in [2.75, 3.05) is 6.61 Å². The molecule has 0 aliphatic heterocycles. The Bertz CT molecular complexity index is 425. The first-order valence-corrected chi connectivity index (χ1v) is 19.0. The molecule has 0 N–H and O–H groups in total. The third-order valence-electron chi connectivity index (χ3n) is 1.99. The van der Waals surface area contributed by atoms with E-state index in [2.05, 4.69) is 36.5 Å². The zero-order chi connectivity index (χ0) is 12.9. The number of hydrogen-bond donors (Lipinski definition) is 0. The van der Waals surface area contributed by atoms with Crippen LogP contribution in [0.4, 0.5) is 0 Å². The molecule has 1 rings (SSSR count). The topological polar surface area (TPSA) is 26.3 Å². The number of carbonyl (C=O) groups excluding carboxylic acids is 1. The van der Waals surface area contributed by atoms with E-state index in [1.165, 1.54) is 9.69 Å². The fraction of sp³-hybridized carbons (Fsp3) is 0.250. The van der Waals surface area contributed by atoms with Crippen molar-refractivity contribution < 1.29 is 9.53 Å². The fourth-order valence-electron chi connectivity index (χ4n) is 1.29. The Morgan fingerprint density at radius 3 is 2.65 bits per heavy atom. The Labute approximate surface area is 118 Å². The van der Waals surface area contributed by atoms with Gasteiger partial charge in [0.15, 0.2) is 0 Å². The first kappa shape index (κ1) is 15.2. The van der Waals surface area contributed by atoms with Gasteiger partial charge in [-0.2, -0.15) is 0 Å². The quantitative estimate of drug-likeness (QED) is 0.378. The predicted octanol–water partition coefficient (Wildman–Crippen LogP) is 3.33.